The molecule has 0 spiro atoms. The van der Waals surface area contributed by atoms with Crippen LogP contribution in [0, 0.1) is 0 Å². The molecule has 0 radical (unpaired) electrons. The summed E-state index contributed by atoms with van der Waals surface area (Å²) in [7, 11) is 0. The summed E-state index contributed by atoms with van der Waals surface area (Å²) in [4.78, 5) is 12.7. The Kier molecular flexibility index (Phi) is 2.26. The number of nitrogens with zero attached hydrogens (tertiary/aromatic N) is 1. The lowest BCUT2D eigenvalue weighted by molar-refractivity contribution is -0.125. The van der Waals surface area contributed by atoms with Crippen LogP contribution in [0.2, 0.25) is 0 Å². The molecular weight excluding hydrogens is 126 g/mol. The predicted molar refractivity (Wildman–Crippen MR) is 40.5 cm³/mol. The summed E-state index contributed by atoms with van der Waals surface area (Å²) >= 11 is 0. The Labute approximate surface area is 60.8 Å². The molecule has 2 nitrogen and oxygen atoms in total. The first-order chi connectivity index (χ1) is 4.84. The van der Waals surface area contributed by atoms with Gasteiger partial charge in [0.2, 0.25) is 5.91 Å². The molecule has 54 valence electrons. The van der Waals surface area contributed by atoms with Crippen LogP contribution in [0.1, 0.15) is 6.42 Å². The van der Waals surface area contributed by atoms with Crippen molar-refractivity contribution in [1.29, 1.82) is 0 Å². The average molecular weight is 137 g/mol. The minimum atomic E-state index is 0.0318. The maximum atomic E-state index is 10.9. The van der Waals surface area contributed by atoms with Crippen LogP contribution in [-0.4, -0.2) is 23.9 Å². The Bertz CT molecular complexity index is 172. The largest absolute Gasteiger partial charge is 0.335 e. The summed E-state index contributed by atoms with van der Waals surface area (Å²) in [6.45, 7) is 5.00. The molecular formula is C8H11NO. The number of carbonyl (C=O) groups excluding carboxylic acids is 1. The number of hydrogen-bond acceptors (Lipinski definition) is 1. The van der Waals surface area contributed by atoms with Crippen LogP contribution in [0.3, 0.4) is 0 Å². The monoisotopic (exact) mass is 137 g/mol. The lowest BCUT2D eigenvalue weighted by Gasteiger charge is -2.21. The van der Waals surface area contributed by atoms with Crippen molar-refractivity contribution >= 4 is 5.91 Å². The average Bonchev–Trinajstić information content (AvgIpc) is 2.05. The minimum Gasteiger partial charge on any atom is -0.335 e. The van der Waals surface area contributed by atoms with E-state index in [1.54, 1.807) is 4.90 Å². The molecule has 0 N–H and O–H groups in total. The van der Waals surface area contributed by atoms with Crippen LogP contribution in [0.5, 0.6) is 0 Å². The Morgan fingerprint density at radius 3 is 2.90 bits per heavy atom. The molecule has 0 saturated heterocycles. The summed E-state index contributed by atoms with van der Waals surface area (Å²) in [6, 6.07) is 0. The maximum absolute atomic E-state index is 10.9. The Morgan fingerprint density at radius 1 is 1.60 bits per heavy atom. The second kappa shape index (κ2) is 3.20. The van der Waals surface area contributed by atoms with Crippen LogP contribution in [0.4, 0.5) is 0 Å². The van der Waals surface area contributed by atoms with Crippen molar-refractivity contribution < 1.29 is 4.79 Å². The lowest BCUT2D eigenvalue weighted by atomic mass is 10.2. The second-order valence-electron chi connectivity index (χ2n) is 2.25. The van der Waals surface area contributed by atoms with Crippen molar-refractivity contribution in [2.24, 2.45) is 0 Å². The zero-order valence-electron chi connectivity index (χ0n) is 5.92. The van der Waals surface area contributed by atoms with Crippen LogP contribution >= 0.6 is 0 Å². The first-order valence-electron chi connectivity index (χ1n) is 3.41. The van der Waals surface area contributed by atoms with E-state index >= 15 is 0 Å². The molecule has 0 aromatic heterocycles. The van der Waals surface area contributed by atoms with Crippen LogP contribution in [0.15, 0.2) is 24.8 Å². The van der Waals surface area contributed by atoms with Gasteiger partial charge in [-0.15, -0.1) is 0 Å². The summed E-state index contributed by atoms with van der Waals surface area (Å²) in [5, 5.41) is 0. The highest BCUT2D eigenvalue weighted by Gasteiger charge is 2.08. The summed E-state index contributed by atoms with van der Waals surface area (Å²) in [5.41, 5.74) is 0. The molecule has 0 aromatic carbocycles. The molecule has 1 heterocycles. The van der Waals surface area contributed by atoms with E-state index in [1.165, 1.54) is 6.08 Å². The van der Waals surface area contributed by atoms with Gasteiger partial charge in [-0.2, -0.15) is 0 Å². The van der Waals surface area contributed by atoms with Crippen LogP contribution < -0.4 is 0 Å². The van der Waals surface area contributed by atoms with Gasteiger partial charge in [0.1, 0.15) is 0 Å². The summed E-state index contributed by atoms with van der Waals surface area (Å²) in [5.74, 6) is 0.0318. The quantitative estimate of drug-likeness (QED) is 0.389. The molecule has 2 heteroatoms. The lowest BCUT2D eigenvalue weighted by Crippen LogP contribution is -2.32. The third-order valence-electron chi connectivity index (χ3n) is 1.54. The van der Waals surface area contributed by atoms with Gasteiger partial charge in [0, 0.05) is 13.1 Å². The number of carbonyl (C=O) groups is 1. The molecule has 1 rings (SSSR count). The maximum Gasteiger partial charge on any atom is 0.246 e. The molecule has 0 aliphatic carbocycles. The van der Waals surface area contributed by atoms with E-state index in [4.69, 9.17) is 0 Å². The van der Waals surface area contributed by atoms with Gasteiger partial charge in [0.25, 0.3) is 0 Å². The van der Waals surface area contributed by atoms with Gasteiger partial charge in [0.15, 0.2) is 0 Å². The smallest absolute Gasteiger partial charge is 0.246 e. The number of amides is 1. The van der Waals surface area contributed by atoms with Gasteiger partial charge >= 0.3 is 0 Å². The van der Waals surface area contributed by atoms with Gasteiger partial charge in [-0.3, -0.25) is 4.79 Å². The highest BCUT2D eigenvalue weighted by atomic mass is 16.2. The standard InChI is InChI=1S/C8H11NO/c1-2-8(10)9-6-4-3-5-7-9/h2-4H,1,5-7H2. The predicted octanol–water partition coefficient (Wildman–Crippen LogP) is 0.961. The van der Waals surface area contributed by atoms with Crippen LogP contribution in [0.25, 0.3) is 0 Å². The van der Waals surface area contributed by atoms with Crippen LogP contribution in [-0.2, 0) is 4.79 Å². The van der Waals surface area contributed by atoms with E-state index in [2.05, 4.69) is 12.7 Å². The number of hydrogen-bond donors (Lipinski definition) is 0. The Balaban J connectivity index is 2.49. The summed E-state index contributed by atoms with van der Waals surface area (Å²) < 4.78 is 0. The Morgan fingerprint density at radius 2 is 2.40 bits per heavy atom. The first kappa shape index (κ1) is 7.06. The van der Waals surface area contributed by atoms with Crippen molar-refractivity contribution in [2.75, 3.05) is 13.1 Å². The minimum absolute atomic E-state index is 0.0318. The van der Waals surface area contributed by atoms with Crippen molar-refractivity contribution in [3.63, 3.8) is 0 Å². The van der Waals surface area contributed by atoms with Crippen molar-refractivity contribution in [3.8, 4) is 0 Å². The normalized spacial score (nSPS) is 17.0. The van der Waals surface area contributed by atoms with Gasteiger partial charge in [-0.25, -0.2) is 0 Å². The SMILES string of the molecule is C=CC(=O)N1CC=CCC1. The molecule has 0 fully saturated rings. The van der Waals surface area contributed by atoms with Gasteiger partial charge < -0.3 is 4.90 Å². The first-order valence-corrected chi connectivity index (χ1v) is 3.41. The molecule has 0 aromatic rings. The zero-order chi connectivity index (χ0) is 7.40. The van der Waals surface area contributed by atoms with E-state index in [-0.39, 0.29) is 5.91 Å². The van der Waals surface area contributed by atoms with E-state index in [9.17, 15) is 4.79 Å². The van der Waals surface area contributed by atoms with Gasteiger partial charge in [-0.05, 0) is 12.5 Å². The zero-order valence-corrected chi connectivity index (χ0v) is 5.92. The molecule has 0 unspecified atom stereocenters. The molecule has 1 aliphatic heterocycles. The van der Waals surface area contributed by atoms with Crippen molar-refractivity contribution in [2.45, 2.75) is 6.42 Å². The third kappa shape index (κ3) is 1.47. The van der Waals surface area contributed by atoms with E-state index in [0.717, 1.165) is 19.5 Å². The topological polar surface area (TPSA) is 20.3 Å². The molecule has 10 heavy (non-hydrogen) atoms. The highest BCUT2D eigenvalue weighted by molar-refractivity contribution is 5.87. The highest BCUT2D eigenvalue weighted by Crippen LogP contribution is 2.00. The molecule has 0 saturated carbocycles. The molecule has 1 amide bonds. The fourth-order valence-electron chi connectivity index (χ4n) is 0.971. The molecule has 1 aliphatic rings. The van der Waals surface area contributed by atoms with Gasteiger partial charge in [0.05, 0.1) is 0 Å². The number of rotatable bonds is 1. The third-order valence-corrected chi connectivity index (χ3v) is 1.54. The molecule has 0 atom stereocenters. The Hall–Kier alpha value is -1.05. The summed E-state index contributed by atoms with van der Waals surface area (Å²) in [6.07, 6.45) is 6.43. The fraction of sp³-hybridized carbons (Fsp3) is 0.375. The molecule has 0 bridgehead atoms. The van der Waals surface area contributed by atoms with Crippen molar-refractivity contribution in [3.05, 3.63) is 24.8 Å². The second-order valence-corrected chi connectivity index (χ2v) is 2.25. The van der Waals surface area contributed by atoms with Crippen molar-refractivity contribution in [1.82, 2.24) is 4.90 Å². The van der Waals surface area contributed by atoms with E-state index < -0.39 is 0 Å². The van der Waals surface area contributed by atoms with E-state index in [1.807, 2.05) is 6.08 Å². The van der Waals surface area contributed by atoms with E-state index in [0.29, 0.717) is 0 Å². The van der Waals surface area contributed by atoms with Gasteiger partial charge in [-0.1, -0.05) is 18.7 Å². The fourth-order valence-corrected chi connectivity index (χ4v) is 0.971.